The monoisotopic (exact) mass is 352 g/mol. The number of nitrogens with zero attached hydrogens (tertiary/aromatic N) is 6. The Hall–Kier alpha value is -3.29. The number of benzene rings is 1. The Balaban J connectivity index is 1.42. The molecular formula is C18H17FN6O. The molecule has 1 fully saturated rings. The van der Waals surface area contributed by atoms with E-state index in [9.17, 15) is 9.18 Å². The van der Waals surface area contributed by atoms with Crippen molar-refractivity contribution in [2.45, 2.75) is 0 Å². The zero-order valence-corrected chi connectivity index (χ0v) is 14.0. The molecule has 0 radical (unpaired) electrons. The van der Waals surface area contributed by atoms with Crippen LogP contribution in [0.4, 0.5) is 10.3 Å². The third-order valence-electron chi connectivity index (χ3n) is 4.33. The van der Waals surface area contributed by atoms with Crippen LogP contribution in [0.15, 0.2) is 55.2 Å². The number of aromatic nitrogens is 4. The van der Waals surface area contributed by atoms with E-state index in [2.05, 4.69) is 19.9 Å². The minimum Gasteiger partial charge on any atom is -0.337 e. The Morgan fingerprint density at radius 3 is 2.35 bits per heavy atom. The highest BCUT2D eigenvalue weighted by Gasteiger charge is 2.24. The number of carbonyl (C=O) groups is 1. The summed E-state index contributed by atoms with van der Waals surface area (Å²) in [5, 5.41) is 0. The molecular weight excluding hydrogens is 335 g/mol. The molecule has 3 heterocycles. The standard InChI is InChI=1S/C18H17FN6O/c19-14-2-4-15(5-3-14)25-12-16(22-13-25)17(26)23-8-10-24(11-9-23)18-20-6-1-7-21-18/h1-7,12-13H,8-11H2. The van der Waals surface area contributed by atoms with E-state index in [-0.39, 0.29) is 11.7 Å². The summed E-state index contributed by atoms with van der Waals surface area (Å²) in [6.45, 7) is 2.52. The van der Waals surface area contributed by atoms with Crippen molar-refractivity contribution < 1.29 is 9.18 Å². The first kappa shape index (κ1) is 16.2. The lowest BCUT2D eigenvalue weighted by atomic mass is 10.3. The predicted octanol–water partition coefficient (Wildman–Crippen LogP) is 1.76. The number of imidazole rings is 1. The fraction of sp³-hybridized carbons (Fsp3) is 0.222. The lowest BCUT2D eigenvalue weighted by Gasteiger charge is -2.34. The van der Waals surface area contributed by atoms with Gasteiger partial charge in [-0.15, -0.1) is 0 Å². The number of carbonyl (C=O) groups excluding carboxylic acids is 1. The van der Waals surface area contributed by atoms with Gasteiger partial charge in [-0.25, -0.2) is 19.3 Å². The van der Waals surface area contributed by atoms with Crippen molar-refractivity contribution in [3.05, 3.63) is 66.8 Å². The van der Waals surface area contributed by atoms with Crippen LogP contribution in [0.5, 0.6) is 0 Å². The Bertz CT molecular complexity index is 888. The fourth-order valence-corrected chi connectivity index (χ4v) is 2.91. The zero-order valence-electron chi connectivity index (χ0n) is 14.0. The quantitative estimate of drug-likeness (QED) is 0.719. The third-order valence-corrected chi connectivity index (χ3v) is 4.33. The van der Waals surface area contributed by atoms with Crippen LogP contribution in [-0.2, 0) is 0 Å². The van der Waals surface area contributed by atoms with Crippen LogP contribution >= 0.6 is 0 Å². The van der Waals surface area contributed by atoms with Gasteiger partial charge < -0.3 is 14.4 Å². The molecule has 4 rings (SSSR count). The van der Waals surface area contributed by atoms with Crippen molar-refractivity contribution >= 4 is 11.9 Å². The molecule has 26 heavy (non-hydrogen) atoms. The molecule has 1 aromatic carbocycles. The molecule has 1 aliphatic rings. The number of amides is 1. The molecule has 1 aliphatic heterocycles. The maximum Gasteiger partial charge on any atom is 0.274 e. The summed E-state index contributed by atoms with van der Waals surface area (Å²) in [5.41, 5.74) is 1.13. The van der Waals surface area contributed by atoms with Crippen molar-refractivity contribution in [2.24, 2.45) is 0 Å². The molecule has 0 bridgehead atoms. The zero-order chi connectivity index (χ0) is 17.9. The largest absolute Gasteiger partial charge is 0.337 e. The van der Waals surface area contributed by atoms with Gasteiger partial charge in [-0.2, -0.15) is 0 Å². The van der Waals surface area contributed by atoms with Crippen molar-refractivity contribution in [1.29, 1.82) is 0 Å². The number of rotatable bonds is 3. The maximum atomic E-state index is 13.0. The van der Waals surface area contributed by atoms with Gasteiger partial charge in [0.05, 0.1) is 0 Å². The van der Waals surface area contributed by atoms with Gasteiger partial charge in [0.2, 0.25) is 5.95 Å². The van der Waals surface area contributed by atoms with Gasteiger partial charge in [-0.05, 0) is 30.3 Å². The van der Waals surface area contributed by atoms with E-state index in [0.717, 1.165) is 5.69 Å². The van der Waals surface area contributed by atoms with Crippen LogP contribution in [0, 0.1) is 5.82 Å². The van der Waals surface area contributed by atoms with Crippen molar-refractivity contribution in [3.8, 4) is 5.69 Å². The van der Waals surface area contributed by atoms with Crippen LogP contribution in [0.1, 0.15) is 10.5 Å². The van der Waals surface area contributed by atoms with Crippen LogP contribution in [0.3, 0.4) is 0 Å². The van der Waals surface area contributed by atoms with Gasteiger partial charge in [0.25, 0.3) is 5.91 Å². The Kier molecular flexibility index (Phi) is 4.30. The lowest BCUT2D eigenvalue weighted by Crippen LogP contribution is -2.49. The summed E-state index contributed by atoms with van der Waals surface area (Å²) >= 11 is 0. The van der Waals surface area contributed by atoms with Crippen LogP contribution in [0.2, 0.25) is 0 Å². The SMILES string of the molecule is O=C(c1cn(-c2ccc(F)cc2)cn1)N1CCN(c2ncccn2)CC1. The van der Waals surface area contributed by atoms with E-state index < -0.39 is 0 Å². The molecule has 2 aromatic heterocycles. The second kappa shape index (κ2) is 6.91. The molecule has 0 saturated carbocycles. The van der Waals surface area contributed by atoms with Crippen molar-refractivity contribution in [3.63, 3.8) is 0 Å². The van der Waals surface area contributed by atoms with Crippen LogP contribution in [0.25, 0.3) is 5.69 Å². The molecule has 0 unspecified atom stereocenters. The number of anilines is 1. The van der Waals surface area contributed by atoms with E-state index in [0.29, 0.717) is 37.8 Å². The minimum atomic E-state index is -0.301. The van der Waals surface area contributed by atoms with Gasteiger partial charge in [0.15, 0.2) is 0 Å². The van der Waals surface area contributed by atoms with Crippen molar-refractivity contribution in [1.82, 2.24) is 24.4 Å². The van der Waals surface area contributed by atoms with E-state index in [1.807, 2.05) is 0 Å². The Morgan fingerprint density at radius 1 is 0.962 bits per heavy atom. The van der Waals surface area contributed by atoms with Gasteiger partial charge in [0, 0.05) is 50.5 Å². The summed E-state index contributed by atoms with van der Waals surface area (Å²) < 4.78 is 14.7. The van der Waals surface area contributed by atoms with Gasteiger partial charge >= 0.3 is 0 Å². The summed E-state index contributed by atoms with van der Waals surface area (Å²) in [4.78, 5) is 29.2. The molecule has 132 valence electrons. The fourth-order valence-electron chi connectivity index (χ4n) is 2.91. The second-order valence-electron chi connectivity index (χ2n) is 5.97. The first-order valence-electron chi connectivity index (χ1n) is 8.32. The predicted molar refractivity (Wildman–Crippen MR) is 93.7 cm³/mol. The minimum absolute atomic E-state index is 0.112. The number of piperazine rings is 1. The highest BCUT2D eigenvalue weighted by molar-refractivity contribution is 5.92. The van der Waals surface area contributed by atoms with Gasteiger partial charge in [-0.1, -0.05) is 0 Å². The number of halogens is 1. The molecule has 1 saturated heterocycles. The molecule has 1 amide bonds. The number of hydrogen-bond donors (Lipinski definition) is 0. The molecule has 0 spiro atoms. The first-order chi connectivity index (χ1) is 12.7. The maximum absolute atomic E-state index is 13.0. The van der Waals surface area contributed by atoms with E-state index >= 15 is 0 Å². The highest BCUT2D eigenvalue weighted by Crippen LogP contribution is 2.14. The molecule has 0 aliphatic carbocycles. The lowest BCUT2D eigenvalue weighted by molar-refractivity contribution is 0.0741. The highest BCUT2D eigenvalue weighted by atomic mass is 19.1. The normalized spacial score (nSPS) is 14.5. The molecule has 0 N–H and O–H groups in total. The summed E-state index contributed by atoms with van der Waals surface area (Å²) in [6.07, 6.45) is 6.65. The van der Waals surface area contributed by atoms with Gasteiger partial charge in [-0.3, -0.25) is 4.79 Å². The molecule has 8 heteroatoms. The van der Waals surface area contributed by atoms with Crippen molar-refractivity contribution in [2.75, 3.05) is 31.1 Å². The molecule has 3 aromatic rings. The van der Waals surface area contributed by atoms with E-state index in [4.69, 9.17) is 0 Å². The number of hydrogen-bond acceptors (Lipinski definition) is 5. The first-order valence-corrected chi connectivity index (χ1v) is 8.32. The van der Waals surface area contributed by atoms with Gasteiger partial charge in [0.1, 0.15) is 17.8 Å². The van der Waals surface area contributed by atoms with E-state index in [1.54, 1.807) is 52.6 Å². The Morgan fingerprint density at radius 2 is 1.65 bits per heavy atom. The summed E-state index contributed by atoms with van der Waals surface area (Å²) in [5.74, 6) is 0.269. The van der Waals surface area contributed by atoms with Crippen LogP contribution in [-0.4, -0.2) is 56.5 Å². The second-order valence-corrected chi connectivity index (χ2v) is 5.97. The third kappa shape index (κ3) is 3.26. The topological polar surface area (TPSA) is 67.2 Å². The average Bonchev–Trinajstić information content (AvgIpc) is 3.19. The van der Waals surface area contributed by atoms with Crippen LogP contribution < -0.4 is 4.90 Å². The summed E-state index contributed by atoms with van der Waals surface area (Å²) in [7, 11) is 0. The molecule has 7 nitrogen and oxygen atoms in total. The molecule has 0 atom stereocenters. The Labute approximate surface area is 149 Å². The summed E-state index contributed by atoms with van der Waals surface area (Å²) in [6, 6.07) is 7.82. The van der Waals surface area contributed by atoms with E-state index in [1.165, 1.54) is 12.1 Å². The smallest absolute Gasteiger partial charge is 0.274 e. The average molecular weight is 352 g/mol.